The van der Waals surface area contributed by atoms with Crippen molar-refractivity contribution in [2.45, 2.75) is 13.3 Å². The molecule has 0 unspecified atom stereocenters. The zero-order chi connectivity index (χ0) is 13.4. The smallest absolute Gasteiger partial charge is 0.256 e. The van der Waals surface area contributed by atoms with Gasteiger partial charge in [0.2, 0.25) is 0 Å². The van der Waals surface area contributed by atoms with Crippen LogP contribution in [0.4, 0.5) is 11.5 Å². The Morgan fingerprint density at radius 3 is 3.00 bits per heavy atom. The van der Waals surface area contributed by atoms with E-state index in [9.17, 15) is 4.79 Å². The van der Waals surface area contributed by atoms with Crippen LogP contribution >= 0.6 is 0 Å². The summed E-state index contributed by atoms with van der Waals surface area (Å²) in [4.78, 5) is 12.2. The van der Waals surface area contributed by atoms with E-state index in [2.05, 4.69) is 15.7 Å². The quantitative estimate of drug-likeness (QED) is 0.863. The number of rotatable bonds is 2. The molecule has 0 radical (unpaired) electrons. The Hall–Kier alpha value is -2.30. The molecule has 5 heteroatoms. The van der Waals surface area contributed by atoms with Gasteiger partial charge >= 0.3 is 0 Å². The molecule has 19 heavy (non-hydrogen) atoms. The molecule has 0 saturated heterocycles. The molecular weight excluding hydrogens is 240 g/mol. The van der Waals surface area contributed by atoms with Crippen molar-refractivity contribution in [2.75, 3.05) is 17.2 Å². The van der Waals surface area contributed by atoms with Crippen molar-refractivity contribution in [1.82, 2.24) is 9.78 Å². The SMILES string of the molecule is Cc1cc(NC(=O)c2ccc3c(c2)CCN3)nn1C. The summed E-state index contributed by atoms with van der Waals surface area (Å²) in [6, 6.07) is 7.59. The number of benzene rings is 1. The summed E-state index contributed by atoms with van der Waals surface area (Å²) in [5.41, 5.74) is 4.01. The number of hydrogen-bond acceptors (Lipinski definition) is 3. The van der Waals surface area contributed by atoms with E-state index < -0.39 is 0 Å². The van der Waals surface area contributed by atoms with Crippen LogP contribution in [0.15, 0.2) is 24.3 Å². The van der Waals surface area contributed by atoms with Crippen LogP contribution in [-0.2, 0) is 13.5 Å². The summed E-state index contributed by atoms with van der Waals surface area (Å²) in [5, 5.41) is 10.3. The lowest BCUT2D eigenvalue weighted by Crippen LogP contribution is -2.12. The van der Waals surface area contributed by atoms with Gasteiger partial charge in [-0.05, 0) is 37.1 Å². The van der Waals surface area contributed by atoms with Crippen LogP contribution in [0.5, 0.6) is 0 Å². The highest BCUT2D eigenvalue weighted by Gasteiger charge is 2.14. The first-order valence-corrected chi connectivity index (χ1v) is 6.32. The summed E-state index contributed by atoms with van der Waals surface area (Å²) in [5.74, 6) is 0.469. The molecule has 1 aromatic carbocycles. The van der Waals surface area contributed by atoms with E-state index in [0.717, 1.165) is 24.3 Å². The Bertz CT molecular complexity index is 625. The second kappa shape index (κ2) is 4.42. The second-order valence-corrected chi connectivity index (χ2v) is 4.80. The topological polar surface area (TPSA) is 59.0 Å². The van der Waals surface area contributed by atoms with Crippen molar-refractivity contribution in [2.24, 2.45) is 7.05 Å². The van der Waals surface area contributed by atoms with Gasteiger partial charge in [-0.25, -0.2) is 0 Å². The highest BCUT2D eigenvalue weighted by Crippen LogP contribution is 2.23. The maximum atomic E-state index is 12.2. The number of aryl methyl sites for hydroxylation is 2. The zero-order valence-electron chi connectivity index (χ0n) is 11.0. The third-order valence-corrected chi connectivity index (χ3v) is 3.43. The summed E-state index contributed by atoms with van der Waals surface area (Å²) < 4.78 is 1.74. The fourth-order valence-electron chi connectivity index (χ4n) is 2.26. The molecule has 2 aromatic rings. The zero-order valence-corrected chi connectivity index (χ0v) is 11.0. The van der Waals surface area contributed by atoms with Gasteiger partial charge in [-0.15, -0.1) is 0 Å². The molecule has 98 valence electrons. The van der Waals surface area contributed by atoms with Gasteiger partial charge in [0.25, 0.3) is 5.91 Å². The summed E-state index contributed by atoms with van der Waals surface area (Å²) >= 11 is 0. The van der Waals surface area contributed by atoms with Crippen LogP contribution < -0.4 is 10.6 Å². The summed E-state index contributed by atoms with van der Waals surface area (Å²) in [7, 11) is 1.85. The van der Waals surface area contributed by atoms with Crippen LogP contribution in [-0.4, -0.2) is 22.2 Å². The first kappa shape index (κ1) is 11.8. The van der Waals surface area contributed by atoms with Gasteiger partial charge in [0.15, 0.2) is 5.82 Å². The predicted molar refractivity (Wildman–Crippen MR) is 74.5 cm³/mol. The van der Waals surface area contributed by atoms with Crippen molar-refractivity contribution in [3.05, 3.63) is 41.1 Å². The lowest BCUT2D eigenvalue weighted by Gasteiger charge is -2.04. The van der Waals surface area contributed by atoms with Gasteiger partial charge in [0, 0.05) is 36.6 Å². The normalized spacial score (nSPS) is 12.9. The fourth-order valence-corrected chi connectivity index (χ4v) is 2.26. The lowest BCUT2D eigenvalue weighted by molar-refractivity contribution is 0.102. The number of nitrogens with one attached hydrogen (secondary N) is 2. The van der Waals surface area contributed by atoms with E-state index in [1.807, 2.05) is 38.2 Å². The van der Waals surface area contributed by atoms with Crippen LogP contribution in [0.1, 0.15) is 21.6 Å². The van der Waals surface area contributed by atoms with Crippen molar-refractivity contribution >= 4 is 17.4 Å². The number of amides is 1. The van der Waals surface area contributed by atoms with Gasteiger partial charge in [0.1, 0.15) is 0 Å². The maximum Gasteiger partial charge on any atom is 0.256 e. The molecule has 5 nitrogen and oxygen atoms in total. The van der Waals surface area contributed by atoms with Gasteiger partial charge in [0.05, 0.1) is 0 Å². The van der Waals surface area contributed by atoms with E-state index in [1.54, 1.807) is 4.68 Å². The molecule has 0 bridgehead atoms. The number of carbonyl (C=O) groups excluding carboxylic acids is 1. The van der Waals surface area contributed by atoms with Gasteiger partial charge < -0.3 is 10.6 Å². The minimum Gasteiger partial charge on any atom is -0.384 e. The van der Waals surface area contributed by atoms with Crippen LogP contribution in [0.25, 0.3) is 0 Å². The predicted octanol–water partition coefficient (Wildman–Crippen LogP) is 1.95. The number of fused-ring (bicyclic) bond motifs is 1. The molecule has 1 aromatic heterocycles. The third kappa shape index (κ3) is 2.19. The Morgan fingerprint density at radius 1 is 1.42 bits per heavy atom. The molecule has 1 aliphatic heterocycles. The van der Waals surface area contributed by atoms with Gasteiger partial charge in [-0.2, -0.15) is 5.10 Å². The molecule has 0 spiro atoms. The molecule has 2 heterocycles. The lowest BCUT2D eigenvalue weighted by atomic mass is 10.1. The van der Waals surface area contributed by atoms with Crippen molar-refractivity contribution in [1.29, 1.82) is 0 Å². The summed E-state index contributed by atoms with van der Waals surface area (Å²) in [6.45, 7) is 2.89. The van der Waals surface area contributed by atoms with E-state index in [0.29, 0.717) is 11.4 Å². The van der Waals surface area contributed by atoms with Crippen molar-refractivity contribution in [3.8, 4) is 0 Å². The molecule has 0 fully saturated rings. The second-order valence-electron chi connectivity index (χ2n) is 4.80. The van der Waals surface area contributed by atoms with E-state index >= 15 is 0 Å². The standard InChI is InChI=1S/C14H16N4O/c1-9-7-13(17-18(9)2)16-14(19)11-3-4-12-10(8-11)5-6-15-12/h3-4,7-8,15H,5-6H2,1-2H3,(H,16,17,19). The van der Waals surface area contributed by atoms with Crippen molar-refractivity contribution < 1.29 is 4.79 Å². The number of carbonyl (C=O) groups is 1. The Labute approximate surface area is 111 Å². The fraction of sp³-hybridized carbons (Fsp3) is 0.286. The highest BCUT2D eigenvalue weighted by molar-refractivity contribution is 6.04. The van der Waals surface area contributed by atoms with Crippen LogP contribution in [0.3, 0.4) is 0 Å². The molecule has 3 rings (SSSR count). The van der Waals surface area contributed by atoms with Crippen LogP contribution in [0.2, 0.25) is 0 Å². The molecule has 1 aliphatic rings. The minimum atomic E-state index is -0.118. The highest BCUT2D eigenvalue weighted by atomic mass is 16.1. The molecule has 0 atom stereocenters. The Morgan fingerprint density at radius 2 is 2.26 bits per heavy atom. The van der Waals surface area contributed by atoms with Gasteiger partial charge in [-0.3, -0.25) is 9.48 Å². The first-order chi connectivity index (χ1) is 9.13. The first-order valence-electron chi connectivity index (χ1n) is 6.32. The molecule has 2 N–H and O–H groups in total. The molecule has 0 saturated carbocycles. The third-order valence-electron chi connectivity index (χ3n) is 3.43. The Balaban J connectivity index is 1.80. The van der Waals surface area contributed by atoms with Gasteiger partial charge in [-0.1, -0.05) is 0 Å². The monoisotopic (exact) mass is 256 g/mol. The van der Waals surface area contributed by atoms with Crippen LogP contribution in [0, 0.1) is 6.92 Å². The Kier molecular flexibility index (Phi) is 2.74. The maximum absolute atomic E-state index is 12.2. The number of anilines is 2. The van der Waals surface area contributed by atoms with E-state index in [4.69, 9.17) is 0 Å². The minimum absolute atomic E-state index is 0.118. The molecule has 0 aliphatic carbocycles. The summed E-state index contributed by atoms with van der Waals surface area (Å²) in [6.07, 6.45) is 0.971. The number of hydrogen-bond donors (Lipinski definition) is 2. The number of nitrogens with zero attached hydrogens (tertiary/aromatic N) is 2. The number of aromatic nitrogens is 2. The largest absolute Gasteiger partial charge is 0.384 e. The van der Waals surface area contributed by atoms with E-state index in [-0.39, 0.29) is 5.91 Å². The molecule has 1 amide bonds. The van der Waals surface area contributed by atoms with E-state index in [1.165, 1.54) is 5.56 Å². The van der Waals surface area contributed by atoms with Crippen molar-refractivity contribution in [3.63, 3.8) is 0 Å². The average Bonchev–Trinajstić information content (AvgIpc) is 2.96. The molecular formula is C14H16N4O. The average molecular weight is 256 g/mol.